The van der Waals surface area contributed by atoms with Crippen molar-refractivity contribution in [3.63, 3.8) is 0 Å². The fourth-order valence-electron chi connectivity index (χ4n) is 1.84. The number of rotatable bonds is 4. The molecule has 20 heavy (non-hydrogen) atoms. The van der Waals surface area contributed by atoms with Crippen molar-refractivity contribution in [2.75, 3.05) is 4.72 Å². The summed E-state index contributed by atoms with van der Waals surface area (Å²) in [7, 11) is 0. The van der Waals surface area contributed by atoms with Crippen LogP contribution in [0.15, 0.2) is 48.8 Å². The second-order valence-electron chi connectivity index (χ2n) is 4.03. The second kappa shape index (κ2) is 5.32. The van der Waals surface area contributed by atoms with Crippen molar-refractivity contribution in [2.24, 2.45) is 0 Å². The molecule has 0 aliphatic heterocycles. The lowest BCUT2D eigenvalue weighted by Crippen LogP contribution is -2.01. The number of ether oxygens (including phenoxy) is 1. The molecule has 0 amide bonds. The summed E-state index contributed by atoms with van der Waals surface area (Å²) >= 11 is -2.08. The molecule has 0 spiro atoms. The van der Waals surface area contributed by atoms with Gasteiger partial charge in [0.2, 0.25) is 0 Å². The van der Waals surface area contributed by atoms with Crippen LogP contribution >= 0.6 is 0 Å². The van der Waals surface area contributed by atoms with E-state index in [1.165, 1.54) is 0 Å². The standard InChI is InChI=1S/C13H11N3O3S/c17-20(18)16-9-1-3-10(4-2-9)19-12-6-8-15-13-11(12)5-7-14-13/h1-8,16H,(H,14,15)(H,17,18). The fraction of sp³-hybridized carbons (Fsp3) is 0. The van der Waals surface area contributed by atoms with E-state index in [0.29, 0.717) is 17.2 Å². The average molecular weight is 289 g/mol. The molecule has 3 rings (SSSR count). The van der Waals surface area contributed by atoms with Crippen LogP contribution in [-0.4, -0.2) is 18.7 Å². The third-order valence-electron chi connectivity index (χ3n) is 2.71. The number of nitrogens with zero attached hydrogens (tertiary/aromatic N) is 1. The molecule has 3 aromatic rings. The van der Waals surface area contributed by atoms with Crippen LogP contribution in [0.1, 0.15) is 0 Å². The molecule has 1 atom stereocenters. The summed E-state index contributed by atoms with van der Waals surface area (Å²) in [5.74, 6) is 1.33. The summed E-state index contributed by atoms with van der Waals surface area (Å²) in [5.41, 5.74) is 1.30. The van der Waals surface area contributed by atoms with Crippen LogP contribution < -0.4 is 9.46 Å². The smallest absolute Gasteiger partial charge is 0.259 e. The van der Waals surface area contributed by atoms with Gasteiger partial charge in [0.15, 0.2) is 0 Å². The molecule has 1 aromatic carbocycles. The minimum absolute atomic E-state index is 0.541. The van der Waals surface area contributed by atoms with Gasteiger partial charge < -0.3 is 9.72 Å². The van der Waals surface area contributed by atoms with Crippen molar-refractivity contribution in [3.8, 4) is 11.5 Å². The lowest BCUT2D eigenvalue weighted by molar-refractivity contribution is 0.488. The third-order valence-corrected chi connectivity index (χ3v) is 3.12. The molecule has 0 aliphatic carbocycles. The number of pyridine rings is 1. The Kier molecular flexibility index (Phi) is 3.36. The minimum atomic E-state index is -2.08. The zero-order valence-electron chi connectivity index (χ0n) is 10.2. The van der Waals surface area contributed by atoms with Gasteiger partial charge in [0.25, 0.3) is 11.3 Å². The highest BCUT2D eigenvalue weighted by molar-refractivity contribution is 7.80. The van der Waals surface area contributed by atoms with Crippen molar-refractivity contribution in [3.05, 3.63) is 48.8 Å². The van der Waals surface area contributed by atoms with E-state index in [2.05, 4.69) is 14.7 Å². The van der Waals surface area contributed by atoms with Crippen molar-refractivity contribution in [1.29, 1.82) is 0 Å². The number of benzene rings is 1. The molecule has 0 saturated heterocycles. The first-order chi connectivity index (χ1) is 9.72. The van der Waals surface area contributed by atoms with Crippen LogP contribution in [0.25, 0.3) is 11.0 Å². The zero-order chi connectivity index (χ0) is 13.9. The average Bonchev–Trinajstić information content (AvgIpc) is 2.90. The molecule has 1 unspecified atom stereocenters. The van der Waals surface area contributed by atoms with E-state index in [0.717, 1.165) is 11.0 Å². The van der Waals surface area contributed by atoms with Gasteiger partial charge >= 0.3 is 0 Å². The van der Waals surface area contributed by atoms with Gasteiger partial charge in [0, 0.05) is 18.1 Å². The Morgan fingerprint density at radius 1 is 1.20 bits per heavy atom. The van der Waals surface area contributed by atoms with Gasteiger partial charge in [0.05, 0.1) is 5.39 Å². The topological polar surface area (TPSA) is 87.2 Å². The number of hydrogen-bond donors (Lipinski definition) is 3. The molecule has 0 saturated carbocycles. The lowest BCUT2D eigenvalue weighted by atomic mass is 10.3. The van der Waals surface area contributed by atoms with Gasteiger partial charge in [-0.05, 0) is 36.4 Å². The Bertz CT molecular complexity index is 755. The first kappa shape index (κ1) is 12.6. The number of fused-ring (bicyclic) bond motifs is 1. The summed E-state index contributed by atoms with van der Waals surface area (Å²) in [5, 5.41) is 0.895. The van der Waals surface area contributed by atoms with Gasteiger partial charge in [-0.25, -0.2) is 9.19 Å². The van der Waals surface area contributed by atoms with Crippen LogP contribution in [0.4, 0.5) is 5.69 Å². The number of nitrogens with one attached hydrogen (secondary N) is 2. The van der Waals surface area contributed by atoms with E-state index >= 15 is 0 Å². The highest BCUT2D eigenvalue weighted by Gasteiger charge is 2.05. The van der Waals surface area contributed by atoms with Gasteiger partial charge in [-0.15, -0.1) is 0 Å². The Hall–Kier alpha value is -2.38. The monoisotopic (exact) mass is 289 g/mol. The highest BCUT2D eigenvalue weighted by Crippen LogP contribution is 2.28. The van der Waals surface area contributed by atoms with Gasteiger partial charge in [0.1, 0.15) is 17.1 Å². The molecular weight excluding hydrogens is 278 g/mol. The minimum Gasteiger partial charge on any atom is -0.457 e. The third kappa shape index (κ3) is 2.63. The summed E-state index contributed by atoms with van der Waals surface area (Å²) in [6, 6.07) is 10.4. The molecule has 0 bridgehead atoms. The van der Waals surface area contributed by atoms with E-state index in [1.807, 2.05) is 6.07 Å². The molecule has 0 fully saturated rings. The first-order valence-corrected chi connectivity index (χ1v) is 6.90. The highest BCUT2D eigenvalue weighted by atomic mass is 32.2. The quantitative estimate of drug-likeness (QED) is 0.644. The van der Waals surface area contributed by atoms with Crippen LogP contribution in [-0.2, 0) is 11.3 Å². The van der Waals surface area contributed by atoms with Crippen LogP contribution in [0, 0.1) is 0 Å². The maximum Gasteiger partial charge on any atom is 0.259 e. The van der Waals surface area contributed by atoms with Gasteiger partial charge in [-0.1, -0.05) is 0 Å². The summed E-state index contributed by atoms with van der Waals surface area (Å²) in [6.45, 7) is 0. The maximum atomic E-state index is 10.6. The first-order valence-electron chi connectivity index (χ1n) is 5.80. The number of H-pyrrole nitrogens is 1. The van der Waals surface area contributed by atoms with Crippen LogP contribution in [0.5, 0.6) is 11.5 Å². The van der Waals surface area contributed by atoms with Crippen LogP contribution in [0.3, 0.4) is 0 Å². The van der Waals surface area contributed by atoms with E-state index < -0.39 is 11.3 Å². The molecule has 6 nitrogen and oxygen atoms in total. The van der Waals surface area contributed by atoms with E-state index in [4.69, 9.17) is 9.29 Å². The van der Waals surface area contributed by atoms with Gasteiger partial charge in [-0.2, -0.15) is 0 Å². The van der Waals surface area contributed by atoms with Crippen LogP contribution in [0.2, 0.25) is 0 Å². The summed E-state index contributed by atoms with van der Waals surface area (Å²) in [4.78, 5) is 7.20. The number of aromatic amines is 1. The van der Waals surface area contributed by atoms with E-state index in [-0.39, 0.29) is 0 Å². The molecular formula is C13H11N3O3S. The summed E-state index contributed by atoms with van der Waals surface area (Å²) in [6.07, 6.45) is 3.47. The van der Waals surface area contributed by atoms with E-state index in [9.17, 15) is 4.21 Å². The molecule has 102 valence electrons. The Labute approximate surface area is 117 Å². The summed E-state index contributed by atoms with van der Waals surface area (Å²) < 4.78 is 27.5. The predicted octanol–water partition coefficient (Wildman–Crippen LogP) is 2.90. The second-order valence-corrected chi connectivity index (χ2v) is 4.73. The zero-order valence-corrected chi connectivity index (χ0v) is 11.1. The largest absolute Gasteiger partial charge is 0.457 e. The SMILES string of the molecule is O=S(O)Nc1ccc(Oc2ccnc3[nH]ccc23)cc1. The molecule has 0 aliphatic rings. The van der Waals surface area contributed by atoms with Crippen molar-refractivity contribution < 1.29 is 13.5 Å². The molecule has 2 heterocycles. The lowest BCUT2D eigenvalue weighted by Gasteiger charge is -2.07. The fourth-order valence-corrected chi connectivity index (χ4v) is 2.18. The Morgan fingerprint density at radius 3 is 2.75 bits per heavy atom. The number of aromatic nitrogens is 2. The normalized spacial score (nSPS) is 12.2. The van der Waals surface area contributed by atoms with Crippen molar-refractivity contribution >= 4 is 28.0 Å². The van der Waals surface area contributed by atoms with E-state index in [1.54, 1.807) is 42.7 Å². The molecule has 3 N–H and O–H groups in total. The Morgan fingerprint density at radius 2 is 2.00 bits per heavy atom. The molecule has 7 heteroatoms. The number of anilines is 1. The van der Waals surface area contributed by atoms with Crippen molar-refractivity contribution in [1.82, 2.24) is 9.97 Å². The molecule has 2 aromatic heterocycles. The predicted molar refractivity (Wildman–Crippen MR) is 77.0 cm³/mol. The van der Waals surface area contributed by atoms with Gasteiger partial charge in [-0.3, -0.25) is 9.27 Å². The van der Waals surface area contributed by atoms with Crippen molar-refractivity contribution in [2.45, 2.75) is 0 Å². The maximum absolute atomic E-state index is 10.6. The number of hydrogen-bond acceptors (Lipinski definition) is 3. The molecule has 0 radical (unpaired) electrons. The Balaban J connectivity index is 1.84.